The van der Waals surface area contributed by atoms with Crippen LogP contribution in [0.25, 0.3) is 5.69 Å². The van der Waals surface area contributed by atoms with E-state index in [1.54, 1.807) is 6.92 Å². The van der Waals surface area contributed by atoms with Gasteiger partial charge in [0.15, 0.2) is 0 Å². The van der Waals surface area contributed by atoms with E-state index in [9.17, 15) is 18.8 Å². The fraction of sp³-hybridized carbons (Fsp3) is 0.154. The van der Waals surface area contributed by atoms with Gasteiger partial charge in [-0.05, 0) is 31.2 Å². The predicted octanol–water partition coefficient (Wildman–Crippen LogP) is 0.856. The summed E-state index contributed by atoms with van der Waals surface area (Å²) in [7, 11) is 0. The number of hydrogen-bond acceptors (Lipinski definition) is 3. The molecule has 0 atom stereocenters. The molecule has 20 heavy (non-hydrogen) atoms. The van der Waals surface area contributed by atoms with Crippen LogP contribution in [0.3, 0.4) is 0 Å². The number of nitrogens with zero attached hydrogens (tertiary/aromatic N) is 2. The molecule has 1 heterocycles. The van der Waals surface area contributed by atoms with E-state index in [4.69, 9.17) is 5.11 Å². The van der Waals surface area contributed by atoms with Crippen LogP contribution in [-0.2, 0) is 6.54 Å². The van der Waals surface area contributed by atoms with E-state index >= 15 is 0 Å². The molecule has 2 aromatic rings. The second-order valence-electron chi connectivity index (χ2n) is 4.03. The summed E-state index contributed by atoms with van der Waals surface area (Å²) in [5.41, 5.74) is -2.02. The van der Waals surface area contributed by atoms with Gasteiger partial charge in [-0.2, -0.15) is 0 Å². The van der Waals surface area contributed by atoms with E-state index in [1.807, 2.05) is 0 Å². The van der Waals surface area contributed by atoms with Gasteiger partial charge in [-0.15, -0.1) is 0 Å². The smallest absolute Gasteiger partial charge is 0.342 e. The molecule has 0 aliphatic carbocycles. The van der Waals surface area contributed by atoms with Gasteiger partial charge in [0.1, 0.15) is 11.4 Å². The highest BCUT2D eigenvalue weighted by Crippen LogP contribution is 2.05. The summed E-state index contributed by atoms with van der Waals surface area (Å²) in [4.78, 5) is 35.2. The molecule has 0 amide bonds. The number of halogens is 1. The molecule has 0 saturated carbocycles. The van der Waals surface area contributed by atoms with Crippen LogP contribution in [0.2, 0.25) is 0 Å². The first-order chi connectivity index (χ1) is 9.45. The Bertz CT molecular complexity index is 774. The average molecular weight is 278 g/mol. The SMILES string of the molecule is CCn1cc(C(=O)O)c(=O)n(-c2ccc(F)cc2)c1=O. The number of carbonyl (C=O) groups is 1. The Hall–Kier alpha value is -2.70. The number of carboxylic acids is 1. The molecule has 0 aliphatic rings. The van der Waals surface area contributed by atoms with Gasteiger partial charge in [-0.1, -0.05) is 0 Å². The largest absolute Gasteiger partial charge is 0.477 e. The number of rotatable bonds is 3. The highest BCUT2D eigenvalue weighted by Gasteiger charge is 2.17. The van der Waals surface area contributed by atoms with Gasteiger partial charge in [0.25, 0.3) is 5.56 Å². The van der Waals surface area contributed by atoms with Crippen molar-refractivity contribution in [3.8, 4) is 5.69 Å². The molecule has 2 rings (SSSR count). The molecule has 6 nitrogen and oxygen atoms in total. The van der Waals surface area contributed by atoms with Gasteiger partial charge in [0, 0.05) is 12.7 Å². The third-order valence-corrected chi connectivity index (χ3v) is 2.81. The Morgan fingerprint density at radius 3 is 2.35 bits per heavy atom. The van der Waals surface area contributed by atoms with Gasteiger partial charge in [-0.3, -0.25) is 9.36 Å². The molecular weight excluding hydrogens is 267 g/mol. The van der Waals surface area contributed by atoms with Crippen LogP contribution in [0.4, 0.5) is 4.39 Å². The van der Waals surface area contributed by atoms with Crippen molar-refractivity contribution in [3.63, 3.8) is 0 Å². The van der Waals surface area contributed by atoms with Crippen molar-refractivity contribution < 1.29 is 14.3 Å². The molecule has 0 fully saturated rings. The number of aromatic carboxylic acids is 1. The quantitative estimate of drug-likeness (QED) is 0.902. The lowest BCUT2D eigenvalue weighted by molar-refractivity contribution is 0.0693. The monoisotopic (exact) mass is 278 g/mol. The van der Waals surface area contributed by atoms with E-state index < -0.39 is 28.6 Å². The summed E-state index contributed by atoms with van der Waals surface area (Å²) in [6, 6.07) is 4.66. The zero-order valence-corrected chi connectivity index (χ0v) is 10.5. The number of aryl methyl sites for hydroxylation is 1. The molecule has 7 heteroatoms. The van der Waals surface area contributed by atoms with Gasteiger partial charge < -0.3 is 5.11 Å². The molecule has 1 N–H and O–H groups in total. The Kier molecular flexibility index (Phi) is 3.51. The summed E-state index contributed by atoms with van der Waals surface area (Å²) >= 11 is 0. The van der Waals surface area contributed by atoms with Crippen LogP contribution >= 0.6 is 0 Å². The predicted molar refractivity (Wildman–Crippen MR) is 68.9 cm³/mol. The van der Waals surface area contributed by atoms with E-state index in [0.717, 1.165) is 22.9 Å². The Labute approximate surface area is 112 Å². The van der Waals surface area contributed by atoms with Crippen LogP contribution in [0.1, 0.15) is 17.3 Å². The summed E-state index contributed by atoms with van der Waals surface area (Å²) in [5, 5.41) is 9.00. The van der Waals surface area contributed by atoms with E-state index in [1.165, 1.54) is 12.1 Å². The number of carboxylic acid groups (broad SMARTS) is 1. The van der Waals surface area contributed by atoms with Crippen LogP contribution in [0.15, 0.2) is 40.1 Å². The molecule has 0 saturated heterocycles. The Morgan fingerprint density at radius 1 is 1.25 bits per heavy atom. The van der Waals surface area contributed by atoms with Crippen molar-refractivity contribution in [2.75, 3.05) is 0 Å². The normalized spacial score (nSPS) is 10.5. The van der Waals surface area contributed by atoms with Crippen LogP contribution < -0.4 is 11.2 Å². The standard InChI is InChI=1S/C13H11FN2O4/c1-2-15-7-10(12(18)19)11(17)16(13(15)20)9-5-3-8(14)4-6-9/h3-7H,2H2,1H3,(H,18,19). The molecule has 0 bridgehead atoms. The van der Waals surface area contributed by atoms with Gasteiger partial charge >= 0.3 is 11.7 Å². The van der Waals surface area contributed by atoms with Gasteiger partial charge in [-0.25, -0.2) is 18.5 Å². The Balaban J connectivity index is 2.84. The van der Waals surface area contributed by atoms with Crippen molar-refractivity contribution in [1.82, 2.24) is 9.13 Å². The molecule has 0 unspecified atom stereocenters. The van der Waals surface area contributed by atoms with E-state index in [0.29, 0.717) is 4.57 Å². The first-order valence-electron chi connectivity index (χ1n) is 5.81. The molecule has 104 valence electrons. The van der Waals surface area contributed by atoms with Crippen molar-refractivity contribution in [2.45, 2.75) is 13.5 Å². The lowest BCUT2D eigenvalue weighted by Gasteiger charge is -2.10. The molecular formula is C13H11FN2O4. The zero-order valence-electron chi connectivity index (χ0n) is 10.5. The number of hydrogen-bond donors (Lipinski definition) is 1. The first-order valence-corrected chi connectivity index (χ1v) is 5.81. The molecule has 1 aromatic heterocycles. The average Bonchev–Trinajstić information content (AvgIpc) is 2.41. The van der Waals surface area contributed by atoms with Crippen molar-refractivity contribution in [2.24, 2.45) is 0 Å². The third kappa shape index (κ3) is 2.25. The number of aromatic nitrogens is 2. The maximum atomic E-state index is 12.9. The molecule has 0 radical (unpaired) electrons. The van der Waals surface area contributed by atoms with Crippen molar-refractivity contribution in [3.05, 3.63) is 62.7 Å². The topological polar surface area (TPSA) is 81.3 Å². The zero-order chi connectivity index (χ0) is 14.9. The minimum atomic E-state index is -1.42. The van der Waals surface area contributed by atoms with E-state index in [-0.39, 0.29) is 12.2 Å². The molecule has 1 aromatic carbocycles. The summed E-state index contributed by atoms with van der Waals surface area (Å²) in [6.45, 7) is 1.85. The fourth-order valence-electron chi connectivity index (χ4n) is 1.79. The second-order valence-corrected chi connectivity index (χ2v) is 4.03. The fourth-order valence-corrected chi connectivity index (χ4v) is 1.79. The van der Waals surface area contributed by atoms with Crippen molar-refractivity contribution >= 4 is 5.97 Å². The Morgan fingerprint density at radius 2 is 1.85 bits per heavy atom. The summed E-state index contributed by atoms with van der Waals surface area (Å²) in [6.07, 6.45) is 1.01. The summed E-state index contributed by atoms with van der Waals surface area (Å²) < 4.78 is 14.7. The minimum absolute atomic E-state index is 0.117. The highest BCUT2D eigenvalue weighted by molar-refractivity contribution is 5.86. The first kappa shape index (κ1) is 13.7. The lowest BCUT2D eigenvalue weighted by atomic mass is 10.3. The maximum absolute atomic E-state index is 12.9. The maximum Gasteiger partial charge on any atom is 0.342 e. The minimum Gasteiger partial charge on any atom is -0.477 e. The van der Waals surface area contributed by atoms with Gasteiger partial charge in [0.2, 0.25) is 0 Å². The molecule has 0 spiro atoms. The lowest BCUT2D eigenvalue weighted by Crippen LogP contribution is -2.41. The third-order valence-electron chi connectivity index (χ3n) is 2.81. The van der Waals surface area contributed by atoms with Crippen LogP contribution in [0, 0.1) is 5.82 Å². The van der Waals surface area contributed by atoms with Crippen LogP contribution in [-0.4, -0.2) is 20.2 Å². The van der Waals surface area contributed by atoms with Crippen molar-refractivity contribution in [1.29, 1.82) is 0 Å². The second kappa shape index (κ2) is 5.12. The number of benzene rings is 1. The van der Waals surface area contributed by atoms with Crippen LogP contribution in [0.5, 0.6) is 0 Å². The highest BCUT2D eigenvalue weighted by atomic mass is 19.1. The summed E-state index contributed by atoms with van der Waals surface area (Å²) in [5.74, 6) is -1.94. The van der Waals surface area contributed by atoms with Gasteiger partial charge in [0.05, 0.1) is 5.69 Å². The van der Waals surface area contributed by atoms with E-state index in [2.05, 4.69) is 0 Å². The molecule has 0 aliphatic heterocycles.